The molecule has 0 radical (unpaired) electrons. The number of hydrogen-bond donors (Lipinski definition) is 3. The van der Waals surface area contributed by atoms with E-state index in [1.165, 1.54) is 31.4 Å². The zero-order valence-electron chi connectivity index (χ0n) is 14.4. The first-order chi connectivity index (χ1) is 11.8. The average molecular weight is 350 g/mol. The lowest BCUT2D eigenvalue weighted by atomic mass is 10.0. The predicted molar refractivity (Wildman–Crippen MR) is 89.1 cm³/mol. The van der Waals surface area contributed by atoms with Gasteiger partial charge in [-0.1, -0.05) is 26.0 Å². The molecule has 0 heterocycles. The number of carboxylic acids is 1. The van der Waals surface area contributed by atoms with E-state index in [1.54, 1.807) is 0 Å². The van der Waals surface area contributed by atoms with Crippen LogP contribution in [0.5, 0.6) is 0 Å². The van der Waals surface area contributed by atoms with Crippen molar-refractivity contribution in [3.63, 3.8) is 0 Å². The van der Waals surface area contributed by atoms with Crippen LogP contribution in [0.1, 0.15) is 41.0 Å². The number of carbonyl (C=O) groups is 4. The molecule has 1 rings (SSSR count). The van der Waals surface area contributed by atoms with Gasteiger partial charge in [-0.2, -0.15) is 0 Å². The lowest BCUT2D eigenvalue weighted by molar-refractivity contribution is -0.141. The Kier molecular flexibility index (Phi) is 7.58. The van der Waals surface area contributed by atoms with Gasteiger partial charge in [0.15, 0.2) is 0 Å². The molecule has 0 bridgehead atoms. The summed E-state index contributed by atoms with van der Waals surface area (Å²) in [5.74, 6) is -2.97. The smallest absolute Gasteiger partial charge is 0.336 e. The van der Waals surface area contributed by atoms with Gasteiger partial charge in [-0.15, -0.1) is 0 Å². The summed E-state index contributed by atoms with van der Waals surface area (Å²) in [7, 11) is 1.20. The molecule has 0 unspecified atom stereocenters. The van der Waals surface area contributed by atoms with E-state index in [-0.39, 0.29) is 23.6 Å². The number of nitrogens with one attached hydrogen (secondary N) is 2. The Bertz CT molecular complexity index is 656. The Morgan fingerprint density at radius 3 is 2.24 bits per heavy atom. The van der Waals surface area contributed by atoms with E-state index in [2.05, 4.69) is 15.4 Å². The molecule has 0 aliphatic carbocycles. The molecule has 0 aliphatic rings. The van der Waals surface area contributed by atoms with Crippen molar-refractivity contribution in [3.8, 4) is 0 Å². The molecule has 136 valence electrons. The van der Waals surface area contributed by atoms with E-state index in [0.29, 0.717) is 6.42 Å². The number of aromatic carboxylic acids is 1. The van der Waals surface area contributed by atoms with Crippen LogP contribution in [0.4, 0.5) is 0 Å². The molecule has 0 fully saturated rings. The van der Waals surface area contributed by atoms with Gasteiger partial charge in [0.2, 0.25) is 5.91 Å². The summed E-state index contributed by atoms with van der Waals surface area (Å²) in [6, 6.07) is 4.83. The lowest BCUT2D eigenvalue weighted by Crippen LogP contribution is -2.48. The number of carboxylic acid groups (broad SMARTS) is 1. The lowest BCUT2D eigenvalue weighted by Gasteiger charge is -2.20. The monoisotopic (exact) mass is 350 g/mol. The van der Waals surface area contributed by atoms with Gasteiger partial charge in [0.1, 0.15) is 12.6 Å². The Morgan fingerprint density at radius 2 is 1.72 bits per heavy atom. The van der Waals surface area contributed by atoms with Crippen LogP contribution >= 0.6 is 0 Å². The Labute approximate surface area is 145 Å². The third-order valence-corrected chi connectivity index (χ3v) is 3.37. The molecular formula is C17H22N2O6. The summed E-state index contributed by atoms with van der Waals surface area (Å²) < 4.78 is 4.45. The molecule has 0 saturated carbocycles. The third kappa shape index (κ3) is 6.25. The predicted octanol–water partition coefficient (Wildman–Crippen LogP) is 0.818. The number of carbonyl (C=O) groups excluding carboxylic acids is 3. The maximum absolute atomic E-state index is 12.4. The van der Waals surface area contributed by atoms with E-state index in [9.17, 15) is 19.2 Å². The quantitative estimate of drug-likeness (QED) is 0.597. The van der Waals surface area contributed by atoms with Gasteiger partial charge < -0.3 is 20.5 Å². The van der Waals surface area contributed by atoms with Crippen LogP contribution < -0.4 is 10.6 Å². The minimum atomic E-state index is -1.23. The van der Waals surface area contributed by atoms with E-state index in [4.69, 9.17) is 5.11 Å². The van der Waals surface area contributed by atoms with Crippen molar-refractivity contribution < 1.29 is 29.0 Å². The highest BCUT2D eigenvalue weighted by Crippen LogP contribution is 2.11. The number of hydrogen-bond acceptors (Lipinski definition) is 5. The first-order valence-electron chi connectivity index (χ1n) is 7.74. The Balaban J connectivity index is 2.91. The molecule has 3 N–H and O–H groups in total. The summed E-state index contributed by atoms with van der Waals surface area (Å²) in [5.41, 5.74) is -0.192. The van der Waals surface area contributed by atoms with Gasteiger partial charge in [0, 0.05) is 0 Å². The zero-order valence-corrected chi connectivity index (χ0v) is 14.4. The standard InChI is InChI=1S/C17H22N2O6/c1-10(2)8-13(16(22)18-9-14(20)25-3)19-15(21)11-6-4-5-7-12(11)17(23)24/h4-7,10,13H,8-9H2,1-3H3,(H,18,22)(H,19,21)(H,23,24)/t13-/m0/s1. The van der Waals surface area contributed by atoms with Crippen molar-refractivity contribution in [1.82, 2.24) is 10.6 Å². The summed E-state index contributed by atoms with van der Waals surface area (Å²) >= 11 is 0. The number of ether oxygens (including phenoxy) is 1. The number of esters is 1. The summed E-state index contributed by atoms with van der Waals surface area (Å²) in [6.45, 7) is 3.43. The topological polar surface area (TPSA) is 122 Å². The molecule has 8 nitrogen and oxygen atoms in total. The fourth-order valence-electron chi connectivity index (χ4n) is 2.16. The van der Waals surface area contributed by atoms with Crippen LogP contribution in [0.3, 0.4) is 0 Å². The minimum Gasteiger partial charge on any atom is -0.478 e. The Hall–Kier alpha value is -2.90. The maximum atomic E-state index is 12.4. The van der Waals surface area contributed by atoms with Crippen molar-refractivity contribution in [1.29, 1.82) is 0 Å². The van der Waals surface area contributed by atoms with E-state index in [1.807, 2.05) is 13.8 Å². The second-order valence-electron chi connectivity index (χ2n) is 5.80. The first-order valence-corrected chi connectivity index (χ1v) is 7.74. The summed E-state index contributed by atoms with van der Waals surface area (Å²) in [5, 5.41) is 14.1. The molecule has 0 spiro atoms. The normalized spacial score (nSPS) is 11.5. The fourth-order valence-corrected chi connectivity index (χ4v) is 2.16. The number of rotatable bonds is 8. The molecule has 25 heavy (non-hydrogen) atoms. The average Bonchev–Trinajstić information content (AvgIpc) is 2.58. The molecule has 1 aromatic rings. The van der Waals surface area contributed by atoms with Gasteiger partial charge in [-0.05, 0) is 24.5 Å². The van der Waals surface area contributed by atoms with E-state index in [0.717, 1.165) is 0 Å². The molecule has 0 aromatic heterocycles. The van der Waals surface area contributed by atoms with Crippen molar-refractivity contribution in [2.75, 3.05) is 13.7 Å². The van der Waals surface area contributed by atoms with Crippen LogP contribution in [0.25, 0.3) is 0 Å². The van der Waals surface area contributed by atoms with Gasteiger partial charge in [0.05, 0.1) is 18.2 Å². The van der Waals surface area contributed by atoms with Crippen molar-refractivity contribution in [3.05, 3.63) is 35.4 Å². The molecular weight excluding hydrogens is 328 g/mol. The van der Waals surface area contributed by atoms with Gasteiger partial charge in [0.25, 0.3) is 5.91 Å². The van der Waals surface area contributed by atoms with E-state index >= 15 is 0 Å². The van der Waals surface area contributed by atoms with Crippen LogP contribution in [0, 0.1) is 5.92 Å². The van der Waals surface area contributed by atoms with Crippen LogP contribution in [-0.2, 0) is 14.3 Å². The van der Waals surface area contributed by atoms with E-state index < -0.39 is 29.8 Å². The van der Waals surface area contributed by atoms with Crippen LogP contribution in [0.15, 0.2) is 24.3 Å². The minimum absolute atomic E-state index is 0.0375. The van der Waals surface area contributed by atoms with Gasteiger partial charge >= 0.3 is 11.9 Å². The van der Waals surface area contributed by atoms with Gasteiger partial charge in [-0.3, -0.25) is 14.4 Å². The molecule has 1 aromatic carbocycles. The fraction of sp³-hybridized carbons (Fsp3) is 0.412. The van der Waals surface area contributed by atoms with Crippen LogP contribution in [-0.4, -0.2) is 48.6 Å². The number of methoxy groups -OCH3 is 1. The first kappa shape index (κ1) is 20.1. The third-order valence-electron chi connectivity index (χ3n) is 3.37. The highest BCUT2D eigenvalue weighted by molar-refractivity contribution is 6.06. The number of amides is 2. The zero-order chi connectivity index (χ0) is 19.0. The maximum Gasteiger partial charge on any atom is 0.336 e. The molecule has 0 saturated heterocycles. The largest absolute Gasteiger partial charge is 0.478 e. The molecule has 0 aliphatic heterocycles. The SMILES string of the molecule is COC(=O)CNC(=O)[C@H](CC(C)C)NC(=O)c1ccccc1C(=O)O. The second kappa shape index (κ2) is 9.41. The van der Waals surface area contributed by atoms with Gasteiger partial charge in [-0.25, -0.2) is 4.79 Å². The highest BCUT2D eigenvalue weighted by atomic mass is 16.5. The van der Waals surface area contributed by atoms with Crippen molar-refractivity contribution >= 4 is 23.8 Å². The molecule has 8 heteroatoms. The molecule has 1 atom stereocenters. The summed E-state index contributed by atoms with van der Waals surface area (Å²) in [4.78, 5) is 47.0. The highest BCUT2D eigenvalue weighted by Gasteiger charge is 2.25. The van der Waals surface area contributed by atoms with Crippen LogP contribution in [0.2, 0.25) is 0 Å². The van der Waals surface area contributed by atoms with Crippen molar-refractivity contribution in [2.45, 2.75) is 26.3 Å². The van der Waals surface area contributed by atoms with Crippen molar-refractivity contribution in [2.24, 2.45) is 5.92 Å². The summed E-state index contributed by atoms with van der Waals surface area (Å²) in [6.07, 6.45) is 0.327. The second-order valence-corrected chi connectivity index (χ2v) is 5.80. The molecule has 2 amide bonds. The number of benzene rings is 1. The Morgan fingerprint density at radius 1 is 1.12 bits per heavy atom.